The summed E-state index contributed by atoms with van der Waals surface area (Å²) in [4.78, 5) is 4.92. The van der Waals surface area contributed by atoms with Crippen LogP contribution in [0.4, 0.5) is 5.69 Å². The quantitative estimate of drug-likeness (QED) is 0.312. The van der Waals surface area contributed by atoms with Gasteiger partial charge in [0, 0.05) is 37.9 Å². The number of rotatable bonds is 10. The molecule has 1 aliphatic carbocycles. The van der Waals surface area contributed by atoms with Crippen molar-refractivity contribution in [2.24, 2.45) is 0 Å². The second-order valence-corrected chi connectivity index (χ2v) is 11.1. The monoisotopic (exact) mass is 544 g/mol. The van der Waals surface area contributed by atoms with E-state index in [1.807, 2.05) is 6.07 Å². The van der Waals surface area contributed by atoms with E-state index in [4.69, 9.17) is 14.2 Å². The second-order valence-electron chi connectivity index (χ2n) is 11.1. The lowest BCUT2D eigenvalue weighted by Gasteiger charge is -2.32. The maximum absolute atomic E-state index is 9.96. The molecule has 3 aromatic rings. The zero-order valence-corrected chi connectivity index (χ0v) is 24.5. The van der Waals surface area contributed by atoms with Crippen LogP contribution in [-0.2, 0) is 19.4 Å². The van der Waals surface area contributed by atoms with Gasteiger partial charge in [0.15, 0.2) is 11.5 Å². The summed E-state index contributed by atoms with van der Waals surface area (Å²) in [6.07, 6.45) is 5.41. The molecule has 40 heavy (non-hydrogen) atoms. The molecule has 0 bridgehead atoms. The summed E-state index contributed by atoms with van der Waals surface area (Å²) in [7, 11) is 3.40. The zero-order chi connectivity index (χ0) is 28.1. The van der Waals surface area contributed by atoms with Gasteiger partial charge in [0.1, 0.15) is 17.6 Å². The Balaban J connectivity index is 1.36. The topological polar surface area (TPSA) is 54.4 Å². The predicted molar refractivity (Wildman–Crippen MR) is 161 cm³/mol. The van der Waals surface area contributed by atoms with Crippen molar-refractivity contribution >= 4 is 5.69 Å². The molecule has 6 nitrogen and oxygen atoms in total. The molecule has 3 aromatic carbocycles. The van der Waals surface area contributed by atoms with E-state index in [2.05, 4.69) is 66.1 Å². The highest BCUT2D eigenvalue weighted by atomic mass is 16.5. The Bertz CT molecular complexity index is 1270. The van der Waals surface area contributed by atoms with E-state index in [0.717, 1.165) is 82.1 Å². The molecule has 1 fully saturated rings. The van der Waals surface area contributed by atoms with Crippen LogP contribution in [0, 0.1) is 0 Å². The van der Waals surface area contributed by atoms with Crippen LogP contribution in [0.1, 0.15) is 61.3 Å². The summed E-state index contributed by atoms with van der Waals surface area (Å²) < 4.78 is 17.8. The maximum Gasteiger partial charge on any atom is 0.162 e. The highest BCUT2D eigenvalue weighted by Gasteiger charge is 2.26. The molecule has 6 heteroatoms. The first kappa shape index (κ1) is 28.2. The number of hydrogen-bond donors (Lipinski definition) is 1. The molecule has 0 spiro atoms. The summed E-state index contributed by atoms with van der Waals surface area (Å²) in [6.45, 7) is 9.46. The second kappa shape index (κ2) is 12.9. The predicted octanol–water partition coefficient (Wildman–Crippen LogP) is 6.57. The fraction of sp³-hybridized carbons (Fsp3) is 0.471. The van der Waals surface area contributed by atoms with Gasteiger partial charge in [-0.2, -0.15) is 0 Å². The third kappa shape index (κ3) is 6.33. The van der Waals surface area contributed by atoms with E-state index in [1.165, 1.54) is 27.9 Å². The molecule has 0 radical (unpaired) electrons. The molecule has 5 rings (SSSR count). The molecule has 2 aliphatic rings. The minimum Gasteiger partial charge on any atom is -0.508 e. The van der Waals surface area contributed by atoms with Gasteiger partial charge in [-0.15, -0.1) is 0 Å². The SMILES string of the molecule is CCN1CCC(Oc2ccc(CN(CC)c3cc(OC)c(OC)cc3C3CCc4cc(O)ccc4C3)cc2)CC1. The molecule has 0 amide bonds. The first-order chi connectivity index (χ1) is 19.5. The molecule has 214 valence electrons. The Hall–Kier alpha value is -3.38. The molecule has 1 heterocycles. The Kier molecular flexibility index (Phi) is 9.05. The minimum atomic E-state index is 0.305. The van der Waals surface area contributed by atoms with Crippen molar-refractivity contribution in [3.8, 4) is 23.0 Å². The van der Waals surface area contributed by atoms with Crippen molar-refractivity contribution in [3.63, 3.8) is 0 Å². The number of nitrogens with zero attached hydrogens (tertiary/aromatic N) is 2. The van der Waals surface area contributed by atoms with Crippen LogP contribution in [0.5, 0.6) is 23.0 Å². The lowest BCUT2D eigenvalue weighted by Crippen LogP contribution is -2.37. The molecule has 1 saturated heterocycles. The van der Waals surface area contributed by atoms with Crippen LogP contribution >= 0.6 is 0 Å². The number of anilines is 1. The van der Waals surface area contributed by atoms with Gasteiger partial charge in [-0.25, -0.2) is 0 Å². The average Bonchev–Trinajstić information content (AvgIpc) is 3.00. The number of aromatic hydroxyl groups is 1. The summed E-state index contributed by atoms with van der Waals surface area (Å²) in [5.74, 6) is 3.18. The van der Waals surface area contributed by atoms with Crippen molar-refractivity contribution < 1.29 is 19.3 Å². The van der Waals surface area contributed by atoms with E-state index in [1.54, 1.807) is 20.3 Å². The minimum absolute atomic E-state index is 0.305. The molecule has 0 saturated carbocycles. The number of methoxy groups -OCH3 is 2. The molecule has 1 unspecified atom stereocenters. The molecule has 1 atom stereocenters. The fourth-order valence-corrected chi connectivity index (χ4v) is 6.29. The van der Waals surface area contributed by atoms with Crippen LogP contribution in [0.15, 0.2) is 54.6 Å². The first-order valence-electron chi connectivity index (χ1n) is 14.8. The van der Waals surface area contributed by atoms with Crippen LogP contribution in [0.3, 0.4) is 0 Å². The molecule has 0 aromatic heterocycles. The highest BCUT2D eigenvalue weighted by molar-refractivity contribution is 5.64. The van der Waals surface area contributed by atoms with Gasteiger partial charge in [0.05, 0.1) is 14.2 Å². The number of ether oxygens (including phenoxy) is 3. The maximum atomic E-state index is 9.96. The molecular weight excluding hydrogens is 500 g/mol. The van der Waals surface area contributed by atoms with Gasteiger partial charge in [0.25, 0.3) is 0 Å². The highest BCUT2D eigenvalue weighted by Crippen LogP contribution is 2.43. The van der Waals surface area contributed by atoms with E-state index >= 15 is 0 Å². The summed E-state index contributed by atoms with van der Waals surface area (Å²) >= 11 is 0. The van der Waals surface area contributed by atoms with Crippen molar-refractivity contribution in [3.05, 3.63) is 76.9 Å². The number of phenols is 1. The van der Waals surface area contributed by atoms with Crippen molar-refractivity contribution in [2.75, 3.05) is 45.3 Å². The Morgan fingerprint density at radius 3 is 2.27 bits per heavy atom. The number of aryl methyl sites for hydroxylation is 1. The van der Waals surface area contributed by atoms with E-state index < -0.39 is 0 Å². The molecule has 1 N–H and O–H groups in total. The fourth-order valence-electron chi connectivity index (χ4n) is 6.29. The van der Waals surface area contributed by atoms with Crippen molar-refractivity contribution in [1.29, 1.82) is 0 Å². The standard InChI is InChI=1S/C34H44N2O4/c1-5-35-17-15-30(16-18-35)40-29-13-7-24(8-14-29)23-36(6-2)32-22-34(39-4)33(38-3)21-31(32)27-10-9-26-20-28(37)12-11-25(26)19-27/h7-8,11-14,20-22,27,30,37H,5-6,9-10,15-19,23H2,1-4H3. The largest absolute Gasteiger partial charge is 0.508 e. The Morgan fingerprint density at radius 1 is 0.875 bits per heavy atom. The van der Waals surface area contributed by atoms with E-state index in [-0.39, 0.29) is 0 Å². The van der Waals surface area contributed by atoms with Gasteiger partial charge in [-0.1, -0.05) is 25.1 Å². The Morgan fingerprint density at radius 2 is 1.60 bits per heavy atom. The summed E-state index contributed by atoms with van der Waals surface area (Å²) in [5.41, 5.74) is 6.30. The van der Waals surface area contributed by atoms with Gasteiger partial charge < -0.3 is 29.1 Å². The van der Waals surface area contributed by atoms with Crippen LogP contribution < -0.4 is 19.1 Å². The third-order valence-electron chi connectivity index (χ3n) is 8.69. The van der Waals surface area contributed by atoms with Crippen LogP contribution in [0.2, 0.25) is 0 Å². The number of benzene rings is 3. The molecular formula is C34H44N2O4. The average molecular weight is 545 g/mol. The van der Waals surface area contributed by atoms with Crippen molar-refractivity contribution in [1.82, 2.24) is 4.90 Å². The lowest BCUT2D eigenvalue weighted by molar-refractivity contribution is 0.104. The van der Waals surface area contributed by atoms with Crippen molar-refractivity contribution in [2.45, 2.75) is 64.5 Å². The Labute approximate surface area is 239 Å². The lowest BCUT2D eigenvalue weighted by atomic mass is 9.79. The number of likely N-dealkylation sites (tertiary alicyclic amines) is 1. The summed E-state index contributed by atoms with van der Waals surface area (Å²) in [5, 5.41) is 9.96. The van der Waals surface area contributed by atoms with Gasteiger partial charge in [-0.05, 0) is 104 Å². The van der Waals surface area contributed by atoms with Gasteiger partial charge >= 0.3 is 0 Å². The third-order valence-corrected chi connectivity index (χ3v) is 8.69. The first-order valence-corrected chi connectivity index (χ1v) is 14.8. The van der Waals surface area contributed by atoms with E-state index in [0.29, 0.717) is 17.8 Å². The zero-order valence-electron chi connectivity index (χ0n) is 24.5. The van der Waals surface area contributed by atoms with Crippen LogP contribution in [0.25, 0.3) is 0 Å². The summed E-state index contributed by atoms with van der Waals surface area (Å²) in [6, 6.07) is 18.8. The van der Waals surface area contributed by atoms with E-state index in [9.17, 15) is 5.11 Å². The molecule has 1 aliphatic heterocycles. The number of fused-ring (bicyclic) bond motifs is 1. The van der Waals surface area contributed by atoms with Gasteiger partial charge in [0.2, 0.25) is 0 Å². The number of piperidine rings is 1. The van der Waals surface area contributed by atoms with Gasteiger partial charge in [-0.3, -0.25) is 0 Å². The van der Waals surface area contributed by atoms with Crippen LogP contribution in [-0.4, -0.2) is 56.5 Å². The normalized spacial score (nSPS) is 17.8. The number of phenolic OH excluding ortho intramolecular Hbond substituents is 1. The smallest absolute Gasteiger partial charge is 0.162 e. The number of hydrogen-bond acceptors (Lipinski definition) is 6.